The van der Waals surface area contributed by atoms with Gasteiger partial charge in [0.1, 0.15) is 6.61 Å². The van der Waals surface area contributed by atoms with Crippen molar-refractivity contribution in [3.05, 3.63) is 35.9 Å². The first-order valence-electron chi connectivity index (χ1n) is 5.00. The Morgan fingerprint density at radius 2 is 2.00 bits per heavy atom. The van der Waals surface area contributed by atoms with Crippen molar-refractivity contribution < 1.29 is 14.3 Å². The fourth-order valence-electron chi connectivity index (χ4n) is 1.21. The standard InChI is InChI=1S/C13H16O3/c1-9(2)8-16-12-6-5-11(10(3)14)7-13(12)15-4/h5-7H,1,8H2,2-4H3. The number of benzene rings is 1. The Morgan fingerprint density at radius 3 is 2.50 bits per heavy atom. The molecule has 1 aromatic carbocycles. The Labute approximate surface area is 95.7 Å². The predicted molar refractivity (Wildman–Crippen MR) is 63.3 cm³/mol. The van der Waals surface area contributed by atoms with Gasteiger partial charge in [0, 0.05) is 5.56 Å². The molecular weight excluding hydrogens is 204 g/mol. The summed E-state index contributed by atoms with van der Waals surface area (Å²) in [6.45, 7) is 7.59. The van der Waals surface area contributed by atoms with E-state index in [0.717, 1.165) is 5.57 Å². The maximum Gasteiger partial charge on any atom is 0.161 e. The van der Waals surface area contributed by atoms with Crippen LogP contribution in [0.3, 0.4) is 0 Å². The van der Waals surface area contributed by atoms with Crippen molar-refractivity contribution in [2.45, 2.75) is 13.8 Å². The third-order valence-electron chi connectivity index (χ3n) is 2.04. The van der Waals surface area contributed by atoms with E-state index < -0.39 is 0 Å². The second-order valence-corrected chi connectivity index (χ2v) is 3.67. The van der Waals surface area contributed by atoms with E-state index in [1.165, 1.54) is 6.92 Å². The second-order valence-electron chi connectivity index (χ2n) is 3.67. The first kappa shape index (κ1) is 12.3. The number of ketones is 1. The van der Waals surface area contributed by atoms with Gasteiger partial charge in [-0.1, -0.05) is 6.58 Å². The van der Waals surface area contributed by atoms with Gasteiger partial charge in [-0.2, -0.15) is 0 Å². The molecule has 0 bridgehead atoms. The summed E-state index contributed by atoms with van der Waals surface area (Å²) in [5.74, 6) is 1.19. The van der Waals surface area contributed by atoms with Crippen LogP contribution in [0.4, 0.5) is 0 Å². The van der Waals surface area contributed by atoms with Crippen LogP contribution >= 0.6 is 0 Å². The molecule has 0 saturated carbocycles. The molecule has 0 aromatic heterocycles. The Bertz CT molecular complexity index is 408. The summed E-state index contributed by atoms with van der Waals surface area (Å²) < 4.78 is 10.6. The average molecular weight is 220 g/mol. The summed E-state index contributed by atoms with van der Waals surface area (Å²) in [7, 11) is 1.55. The van der Waals surface area contributed by atoms with E-state index in [-0.39, 0.29) is 5.78 Å². The highest BCUT2D eigenvalue weighted by Gasteiger charge is 2.07. The van der Waals surface area contributed by atoms with E-state index in [2.05, 4.69) is 6.58 Å². The van der Waals surface area contributed by atoms with E-state index in [9.17, 15) is 4.79 Å². The SMILES string of the molecule is C=C(C)COc1ccc(C(C)=O)cc1OC. The van der Waals surface area contributed by atoms with E-state index in [1.54, 1.807) is 25.3 Å². The molecule has 0 heterocycles. The van der Waals surface area contributed by atoms with Crippen molar-refractivity contribution in [1.29, 1.82) is 0 Å². The van der Waals surface area contributed by atoms with Gasteiger partial charge >= 0.3 is 0 Å². The van der Waals surface area contributed by atoms with Crippen molar-refractivity contribution in [3.8, 4) is 11.5 Å². The first-order valence-corrected chi connectivity index (χ1v) is 5.00. The van der Waals surface area contributed by atoms with Crippen LogP contribution < -0.4 is 9.47 Å². The molecule has 0 N–H and O–H groups in total. The van der Waals surface area contributed by atoms with Gasteiger partial charge in [-0.25, -0.2) is 0 Å². The van der Waals surface area contributed by atoms with Crippen LogP contribution in [-0.2, 0) is 0 Å². The fourth-order valence-corrected chi connectivity index (χ4v) is 1.21. The van der Waals surface area contributed by atoms with E-state index in [0.29, 0.717) is 23.7 Å². The minimum absolute atomic E-state index is 0.00440. The molecule has 0 unspecified atom stereocenters. The van der Waals surface area contributed by atoms with Gasteiger partial charge in [-0.05, 0) is 37.6 Å². The maximum atomic E-state index is 11.2. The minimum atomic E-state index is 0.00440. The van der Waals surface area contributed by atoms with Crippen LogP contribution in [0.1, 0.15) is 24.2 Å². The molecule has 3 nitrogen and oxygen atoms in total. The zero-order valence-electron chi connectivity index (χ0n) is 9.87. The average Bonchev–Trinajstić information content (AvgIpc) is 2.25. The summed E-state index contributed by atoms with van der Waals surface area (Å²) >= 11 is 0. The number of carbonyl (C=O) groups is 1. The molecule has 0 aliphatic heterocycles. The lowest BCUT2D eigenvalue weighted by atomic mass is 10.1. The highest BCUT2D eigenvalue weighted by Crippen LogP contribution is 2.28. The van der Waals surface area contributed by atoms with Gasteiger partial charge in [0.15, 0.2) is 17.3 Å². The predicted octanol–water partition coefficient (Wildman–Crippen LogP) is 2.85. The Hall–Kier alpha value is -1.77. The van der Waals surface area contributed by atoms with Crippen LogP contribution in [0.2, 0.25) is 0 Å². The molecule has 0 aliphatic rings. The number of hydrogen-bond acceptors (Lipinski definition) is 3. The molecule has 0 radical (unpaired) electrons. The topological polar surface area (TPSA) is 35.5 Å². The Kier molecular flexibility index (Phi) is 4.11. The second kappa shape index (κ2) is 5.35. The normalized spacial score (nSPS) is 9.69. The molecular formula is C13H16O3. The van der Waals surface area contributed by atoms with Gasteiger partial charge in [-0.15, -0.1) is 0 Å². The monoisotopic (exact) mass is 220 g/mol. The molecule has 0 amide bonds. The molecule has 1 aromatic rings. The Balaban J connectivity index is 2.93. The van der Waals surface area contributed by atoms with Crippen molar-refractivity contribution in [2.24, 2.45) is 0 Å². The van der Waals surface area contributed by atoms with Crippen LogP contribution in [0.25, 0.3) is 0 Å². The van der Waals surface area contributed by atoms with Crippen LogP contribution in [0, 0.1) is 0 Å². The number of carbonyl (C=O) groups excluding carboxylic acids is 1. The van der Waals surface area contributed by atoms with Crippen LogP contribution in [-0.4, -0.2) is 19.5 Å². The molecule has 16 heavy (non-hydrogen) atoms. The van der Waals surface area contributed by atoms with Gasteiger partial charge in [0.2, 0.25) is 0 Å². The summed E-state index contributed by atoms with van der Waals surface area (Å²) in [4.78, 5) is 11.2. The zero-order valence-corrected chi connectivity index (χ0v) is 9.87. The number of hydrogen-bond donors (Lipinski definition) is 0. The van der Waals surface area contributed by atoms with Crippen molar-refractivity contribution in [3.63, 3.8) is 0 Å². The molecule has 0 atom stereocenters. The van der Waals surface area contributed by atoms with E-state index in [4.69, 9.17) is 9.47 Å². The molecule has 0 aliphatic carbocycles. The summed E-state index contributed by atoms with van der Waals surface area (Å²) in [5.41, 5.74) is 1.54. The molecule has 1 rings (SSSR count). The van der Waals surface area contributed by atoms with Crippen LogP contribution in [0.5, 0.6) is 11.5 Å². The smallest absolute Gasteiger partial charge is 0.161 e. The zero-order chi connectivity index (χ0) is 12.1. The highest BCUT2D eigenvalue weighted by atomic mass is 16.5. The summed E-state index contributed by atoms with van der Waals surface area (Å²) in [5, 5.41) is 0. The third kappa shape index (κ3) is 3.12. The van der Waals surface area contributed by atoms with E-state index in [1.807, 2.05) is 6.92 Å². The summed E-state index contributed by atoms with van der Waals surface area (Å²) in [6, 6.07) is 5.13. The number of rotatable bonds is 5. The van der Waals surface area contributed by atoms with E-state index >= 15 is 0 Å². The highest BCUT2D eigenvalue weighted by molar-refractivity contribution is 5.94. The van der Waals surface area contributed by atoms with Gasteiger partial charge in [0.25, 0.3) is 0 Å². The minimum Gasteiger partial charge on any atom is -0.493 e. The quantitative estimate of drug-likeness (QED) is 0.565. The van der Waals surface area contributed by atoms with Gasteiger partial charge in [-0.3, -0.25) is 4.79 Å². The molecule has 0 fully saturated rings. The lowest BCUT2D eigenvalue weighted by Crippen LogP contribution is -2.01. The Morgan fingerprint density at radius 1 is 1.31 bits per heavy atom. The van der Waals surface area contributed by atoms with Gasteiger partial charge in [0.05, 0.1) is 7.11 Å². The van der Waals surface area contributed by atoms with Crippen LogP contribution in [0.15, 0.2) is 30.4 Å². The third-order valence-corrected chi connectivity index (χ3v) is 2.04. The molecule has 3 heteroatoms. The van der Waals surface area contributed by atoms with Crippen molar-refractivity contribution >= 4 is 5.78 Å². The molecule has 0 spiro atoms. The molecule has 0 saturated heterocycles. The number of ether oxygens (including phenoxy) is 2. The molecule has 86 valence electrons. The maximum absolute atomic E-state index is 11.2. The number of Topliss-reactive ketones (excluding diaryl/α,β-unsaturated/α-hetero) is 1. The lowest BCUT2D eigenvalue weighted by Gasteiger charge is -2.11. The first-order chi connectivity index (χ1) is 7.54. The van der Waals surface area contributed by atoms with Gasteiger partial charge < -0.3 is 9.47 Å². The number of methoxy groups -OCH3 is 1. The largest absolute Gasteiger partial charge is 0.493 e. The lowest BCUT2D eigenvalue weighted by molar-refractivity contribution is 0.101. The van der Waals surface area contributed by atoms with Crippen molar-refractivity contribution in [2.75, 3.05) is 13.7 Å². The van der Waals surface area contributed by atoms with Crippen molar-refractivity contribution in [1.82, 2.24) is 0 Å². The summed E-state index contributed by atoms with van der Waals surface area (Å²) in [6.07, 6.45) is 0. The fraction of sp³-hybridized carbons (Fsp3) is 0.308.